The van der Waals surface area contributed by atoms with Crippen LogP contribution in [0.4, 0.5) is 0 Å². The number of morpholine rings is 1. The van der Waals surface area contributed by atoms with Gasteiger partial charge in [-0.2, -0.15) is 0 Å². The van der Waals surface area contributed by atoms with E-state index in [9.17, 15) is 4.79 Å². The van der Waals surface area contributed by atoms with Gasteiger partial charge >= 0.3 is 0 Å². The fourth-order valence-electron chi connectivity index (χ4n) is 2.73. The third kappa shape index (κ3) is 6.89. The minimum Gasteiger partial charge on any atom is -0.484 e. The number of amides is 1. The number of halogens is 1. The van der Waals surface area contributed by atoms with E-state index in [-0.39, 0.29) is 24.7 Å². The number of carbonyl (C=O) groups excluding carboxylic acids is 1. The van der Waals surface area contributed by atoms with E-state index in [0.717, 1.165) is 30.5 Å². The molecule has 1 aliphatic heterocycles. The van der Waals surface area contributed by atoms with E-state index in [1.54, 1.807) is 0 Å². The van der Waals surface area contributed by atoms with Gasteiger partial charge in [0.05, 0.1) is 12.2 Å². The van der Waals surface area contributed by atoms with Crippen LogP contribution in [0.1, 0.15) is 20.3 Å². The lowest BCUT2D eigenvalue weighted by Gasteiger charge is -2.35. The van der Waals surface area contributed by atoms with Gasteiger partial charge in [0, 0.05) is 30.7 Å². The summed E-state index contributed by atoms with van der Waals surface area (Å²) in [6.45, 7) is 7.82. The lowest BCUT2D eigenvalue weighted by Crippen LogP contribution is -2.46. The smallest absolute Gasteiger partial charge is 0.257 e. The second-order valence-electron chi connectivity index (χ2n) is 5.96. The number of rotatable bonds is 7. The average molecular weight is 385 g/mol. The molecule has 2 atom stereocenters. The Morgan fingerprint density at radius 3 is 2.61 bits per heavy atom. The Bertz CT molecular complexity index is 485. The van der Waals surface area contributed by atoms with Gasteiger partial charge in [-0.1, -0.05) is 15.9 Å². The number of hydrogen-bond acceptors (Lipinski definition) is 4. The first kappa shape index (κ1) is 18.2. The maximum atomic E-state index is 11.8. The van der Waals surface area contributed by atoms with Gasteiger partial charge in [0.25, 0.3) is 5.91 Å². The van der Waals surface area contributed by atoms with Gasteiger partial charge in [0.1, 0.15) is 5.75 Å². The number of carbonyl (C=O) groups is 1. The van der Waals surface area contributed by atoms with Gasteiger partial charge in [-0.25, -0.2) is 0 Å². The number of nitrogens with one attached hydrogen (secondary N) is 1. The summed E-state index contributed by atoms with van der Waals surface area (Å²) in [5.41, 5.74) is 0. The summed E-state index contributed by atoms with van der Waals surface area (Å²) in [6, 6.07) is 7.44. The molecule has 1 amide bonds. The molecule has 0 saturated carbocycles. The van der Waals surface area contributed by atoms with Gasteiger partial charge < -0.3 is 14.8 Å². The third-order valence-corrected chi connectivity index (χ3v) is 4.18. The van der Waals surface area contributed by atoms with E-state index in [1.165, 1.54) is 0 Å². The lowest BCUT2D eigenvalue weighted by molar-refractivity contribution is -0.123. The van der Waals surface area contributed by atoms with Crippen molar-refractivity contribution < 1.29 is 14.3 Å². The van der Waals surface area contributed by atoms with E-state index in [0.29, 0.717) is 12.3 Å². The molecule has 0 spiro atoms. The van der Waals surface area contributed by atoms with Crippen LogP contribution in [0.15, 0.2) is 28.7 Å². The standard InChI is InChI=1S/C17H25BrN2O3/c1-13-10-20(11-14(2)23-13)9-3-8-19-17(21)12-22-16-6-4-15(18)5-7-16/h4-7,13-14H,3,8-12H2,1-2H3,(H,19,21). The third-order valence-electron chi connectivity index (χ3n) is 3.65. The molecule has 2 rings (SSSR count). The largest absolute Gasteiger partial charge is 0.484 e. The monoisotopic (exact) mass is 384 g/mol. The van der Waals surface area contributed by atoms with Gasteiger partial charge in [-0.3, -0.25) is 9.69 Å². The molecule has 0 aromatic heterocycles. The Hall–Kier alpha value is -1.11. The van der Waals surface area contributed by atoms with E-state index >= 15 is 0 Å². The molecule has 1 aromatic rings. The Kier molecular flexibility index (Phi) is 7.33. The van der Waals surface area contributed by atoms with Crippen molar-refractivity contribution >= 4 is 21.8 Å². The molecule has 1 aliphatic rings. The van der Waals surface area contributed by atoms with Crippen LogP contribution in [0.2, 0.25) is 0 Å². The van der Waals surface area contributed by atoms with Crippen molar-refractivity contribution in [2.24, 2.45) is 0 Å². The highest BCUT2D eigenvalue weighted by molar-refractivity contribution is 9.10. The number of benzene rings is 1. The second-order valence-corrected chi connectivity index (χ2v) is 6.88. The maximum absolute atomic E-state index is 11.8. The van der Waals surface area contributed by atoms with Crippen molar-refractivity contribution in [2.45, 2.75) is 32.5 Å². The number of hydrogen-bond donors (Lipinski definition) is 1. The molecule has 6 heteroatoms. The lowest BCUT2D eigenvalue weighted by atomic mass is 10.2. The molecule has 1 saturated heterocycles. The summed E-state index contributed by atoms with van der Waals surface area (Å²) in [5.74, 6) is 0.608. The minimum absolute atomic E-state index is 0.0489. The molecule has 0 bridgehead atoms. The van der Waals surface area contributed by atoms with E-state index < -0.39 is 0 Å². The molecular formula is C17H25BrN2O3. The average Bonchev–Trinajstić information content (AvgIpc) is 2.50. The van der Waals surface area contributed by atoms with Crippen LogP contribution in [0.5, 0.6) is 5.75 Å². The predicted octanol–water partition coefficient (Wildman–Crippen LogP) is 2.44. The first-order valence-corrected chi connectivity index (χ1v) is 8.85. The Morgan fingerprint density at radius 1 is 1.30 bits per heavy atom. The quantitative estimate of drug-likeness (QED) is 0.733. The summed E-state index contributed by atoms with van der Waals surface area (Å²) in [5, 5.41) is 2.90. The normalized spacial score (nSPS) is 21.9. The molecule has 1 heterocycles. The molecular weight excluding hydrogens is 360 g/mol. The molecule has 0 radical (unpaired) electrons. The van der Waals surface area contributed by atoms with Gasteiger partial charge in [0.2, 0.25) is 0 Å². The van der Waals surface area contributed by atoms with Gasteiger partial charge in [-0.05, 0) is 44.5 Å². The summed E-state index contributed by atoms with van der Waals surface area (Å²) >= 11 is 3.36. The molecule has 1 aromatic carbocycles. The van der Waals surface area contributed by atoms with E-state index in [1.807, 2.05) is 24.3 Å². The number of ether oxygens (including phenoxy) is 2. The molecule has 0 aliphatic carbocycles. The Labute approximate surface area is 146 Å². The van der Waals surface area contributed by atoms with Crippen molar-refractivity contribution in [3.8, 4) is 5.75 Å². The minimum atomic E-state index is -0.0865. The highest BCUT2D eigenvalue weighted by Gasteiger charge is 2.21. The topological polar surface area (TPSA) is 50.8 Å². The fourth-order valence-corrected chi connectivity index (χ4v) is 2.99. The molecule has 2 unspecified atom stereocenters. The van der Waals surface area contributed by atoms with Crippen LogP contribution < -0.4 is 10.1 Å². The van der Waals surface area contributed by atoms with Crippen molar-refractivity contribution in [1.29, 1.82) is 0 Å². The SMILES string of the molecule is CC1CN(CCCNC(=O)COc2ccc(Br)cc2)CC(C)O1. The summed E-state index contributed by atoms with van der Waals surface area (Å²) < 4.78 is 12.1. The molecule has 128 valence electrons. The molecule has 1 fully saturated rings. The van der Waals surface area contributed by atoms with Crippen molar-refractivity contribution in [2.75, 3.05) is 32.8 Å². The second kappa shape index (κ2) is 9.25. The zero-order chi connectivity index (χ0) is 16.7. The molecule has 1 N–H and O–H groups in total. The molecule has 5 nitrogen and oxygen atoms in total. The van der Waals surface area contributed by atoms with Crippen LogP contribution in [0.3, 0.4) is 0 Å². The van der Waals surface area contributed by atoms with Crippen LogP contribution in [0, 0.1) is 0 Å². The van der Waals surface area contributed by atoms with Crippen LogP contribution in [0.25, 0.3) is 0 Å². The summed E-state index contributed by atoms with van der Waals surface area (Å²) in [4.78, 5) is 14.2. The highest BCUT2D eigenvalue weighted by Crippen LogP contribution is 2.15. The number of nitrogens with zero attached hydrogens (tertiary/aromatic N) is 1. The van der Waals surface area contributed by atoms with Crippen LogP contribution in [-0.2, 0) is 9.53 Å². The summed E-state index contributed by atoms with van der Waals surface area (Å²) in [7, 11) is 0. The Morgan fingerprint density at radius 2 is 1.96 bits per heavy atom. The van der Waals surface area contributed by atoms with Crippen molar-refractivity contribution in [3.63, 3.8) is 0 Å². The first-order chi connectivity index (χ1) is 11.0. The van der Waals surface area contributed by atoms with E-state index in [4.69, 9.17) is 9.47 Å². The van der Waals surface area contributed by atoms with Crippen LogP contribution >= 0.6 is 15.9 Å². The first-order valence-electron chi connectivity index (χ1n) is 8.06. The van der Waals surface area contributed by atoms with E-state index in [2.05, 4.69) is 40.0 Å². The fraction of sp³-hybridized carbons (Fsp3) is 0.588. The Balaban J connectivity index is 1.57. The highest BCUT2D eigenvalue weighted by atomic mass is 79.9. The van der Waals surface area contributed by atoms with Crippen LogP contribution in [-0.4, -0.2) is 55.8 Å². The maximum Gasteiger partial charge on any atom is 0.257 e. The van der Waals surface area contributed by atoms with Gasteiger partial charge in [0.15, 0.2) is 6.61 Å². The van der Waals surface area contributed by atoms with Crippen molar-refractivity contribution in [1.82, 2.24) is 10.2 Å². The summed E-state index contributed by atoms with van der Waals surface area (Å²) in [6.07, 6.45) is 1.50. The van der Waals surface area contributed by atoms with Gasteiger partial charge in [-0.15, -0.1) is 0 Å². The van der Waals surface area contributed by atoms with Crippen molar-refractivity contribution in [3.05, 3.63) is 28.7 Å². The predicted molar refractivity (Wildman–Crippen MR) is 93.7 cm³/mol. The molecule has 23 heavy (non-hydrogen) atoms. The zero-order valence-corrected chi connectivity index (χ0v) is 15.3. The zero-order valence-electron chi connectivity index (χ0n) is 13.8.